The highest BCUT2D eigenvalue weighted by molar-refractivity contribution is 6.07. The summed E-state index contributed by atoms with van der Waals surface area (Å²) < 4.78 is 7.11. The number of pyridine rings is 2. The molecule has 0 spiro atoms. The summed E-state index contributed by atoms with van der Waals surface area (Å²) in [5.74, 6) is 0. The Morgan fingerprint density at radius 3 is 1.47 bits per heavy atom. The van der Waals surface area contributed by atoms with Gasteiger partial charge in [0.05, 0.1) is 0 Å². The molecule has 3 nitrogen and oxygen atoms in total. The van der Waals surface area contributed by atoms with E-state index < -0.39 is 0 Å². The number of aryl methyl sites for hydroxylation is 3. The number of hydrogen-bond donors (Lipinski definition) is 0. The largest absolute Gasteiger partial charge is 0.340 e. The van der Waals surface area contributed by atoms with E-state index in [1.54, 1.807) is 0 Å². The first-order valence-electron chi connectivity index (χ1n) is 14.8. The van der Waals surface area contributed by atoms with Crippen molar-refractivity contribution in [3.8, 4) is 11.1 Å². The maximum atomic E-state index is 2.52. The van der Waals surface area contributed by atoms with Crippen LogP contribution in [0, 0.1) is 0 Å². The fourth-order valence-electron chi connectivity index (χ4n) is 5.73. The van der Waals surface area contributed by atoms with Crippen molar-refractivity contribution in [1.82, 2.24) is 4.57 Å². The minimum absolute atomic E-state index is 1.08. The molecule has 3 heterocycles. The van der Waals surface area contributed by atoms with Gasteiger partial charge in [0.2, 0.25) is 0 Å². The lowest BCUT2D eigenvalue weighted by Gasteiger charge is -2.07. The molecule has 0 fully saturated rings. The predicted molar refractivity (Wildman–Crippen MR) is 159 cm³/mol. The van der Waals surface area contributed by atoms with Gasteiger partial charge in [0.25, 0.3) is 0 Å². The first-order chi connectivity index (χ1) is 18.8. The number of aromatic nitrogens is 3. The van der Waals surface area contributed by atoms with Crippen LogP contribution in [0.15, 0.2) is 97.6 Å². The lowest BCUT2D eigenvalue weighted by atomic mass is 10.1. The van der Waals surface area contributed by atoms with Crippen molar-refractivity contribution in [2.45, 2.75) is 84.3 Å². The Kier molecular flexibility index (Phi) is 9.20. The second-order valence-electron chi connectivity index (χ2n) is 10.7. The molecule has 0 N–H and O–H groups in total. The van der Waals surface area contributed by atoms with Crippen molar-refractivity contribution >= 4 is 21.8 Å². The highest BCUT2D eigenvalue weighted by Crippen LogP contribution is 2.29. The van der Waals surface area contributed by atoms with Crippen LogP contribution in [0.1, 0.15) is 64.7 Å². The summed E-state index contributed by atoms with van der Waals surface area (Å²) in [6, 6.07) is 26.6. The molecular formula is C35H43N3+2. The highest BCUT2D eigenvalue weighted by Gasteiger charge is 2.09. The molecule has 0 unspecified atom stereocenters. The van der Waals surface area contributed by atoms with Crippen LogP contribution in [0.2, 0.25) is 0 Å². The minimum atomic E-state index is 1.08. The Balaban J connectivity index is 0.961. The summed E-state index contributed by atoms with van der Waals surface area (Å²) in [5, 5.41) is 2.77. The van der Waals surface area contributed by atoms with Crippen LogP contribution < -0.4 is 9.13 Å². The van der Waals surface area contributed by atoms with E-state index in [1.807, 2.05) is 0 Å². The third kappa shape index (κ3) is 6.51. The summed E-state index contributed by atoms with van der Waals surface area (Å²) in [6.45, 7) is 5.53. The molecule has 0 bridgehead atoms. The molecule has 3 aromatic heterocycles. The van der Waals surface area contributed by atoms with Gasteiger partial charge in [0, 0.05) is 65.5 Å². The maximum absolute atomic E-state index is 2.52. The summed E-state index contributed by atoms with van der Waals surface area (Å²) >= 11 is 0. The molecule has 0 aliphatic heterocycles. The maximum Gasteiger partial charge on any atom is 0.169 e. The molecule has 5 aromatic rings. The molecule has 0 saturated heterocycles. The third-order valence-corrected chi connectivity index (χ3v) is 7.83. The van der Waals surface area contributed by atoms with E-state index in [1.165, 1.54) is 90.7 Å². The topological polar surface area (TPSA) is 12.7 Å². The standard InChI is InChI=1S/C35H43N3/c1-2-23-36-26-19-30(20-27-36)31-21-28-37(29-22-31)24-13-7-5-3-4-6-8-14-25-38-34-17-11-9-15-32(34)33-16-10-12-18-35(33)38/h9-12,15-22,26-29H,2-8,13-14,23-25H2,1H3/q+2. The van der Waals surface area contributed by atoms with Gasteiger partial charge in [-0.25, -0.2) is 9.13 Å². The molecule has 3 heteroatoms. The average molecular weight is 506 g/mol. The zero-order chi connectivity index (χ0) is 26.0. The van der Waals surface area contributed by atoms with E-state index in [0.29, 0.717) is 0 Å². The van der Waals surface area contributed by atoms with Crippen molar-refractivity contribution in [1.29, 1.82) is 0 Å². The van der Waals surface area contributed by atoms with Gasteiger partial charge in [-0.2, -0.15) is 0 Å². The number of rotatable bonds is 14. The zero-order valence-corrected chi connectivity index (χ0v) is 23.1. The van der Waals surface area contributed by atoms with Crippen molar-refractivity contribution in [3.05, 3.63) is 97.6 Å². The number of unbranched alkanes of at least 4 members (excludes halogenated alkanes) is 7. The molecule has 0 amide bonds. The van der Waals surface area contributed by atoms with Crippen molar-refractivity contribution in [2.75, 3.05) is 0 Å². The molecule has 38 heavy (non-hydrogen) atoms. The molecule has 0 aliphatic rings. The summed E-state index contributed by atoms with van der Waals surface area (Å²) in [5.41, 5.74) is 5.34. The van der Waals surface area contributed by atoms with Crippen molar-refractivity contribution < 1.29 is 9.13 Å². The fraction of sp³-hybridized carbons (Fsp3) is 0.371. The predicted octanol–water partition coefficient (Wildman–Crippen LogP) is 8.27. The fourth-order valence-corrected chi connectivity index (χ4v) is 5.73. The summed E-state index contributed by atoms with van der Waals surface area (Å²) in [4.78, 5) is 0. The van der Waals surface area contributed by atoms with Gasteiger partial charge >= 0.3 is 0 Å². The number of nitrogens with zero attached hydrogens (tertiary/aromatic N) is 3. The summed E-state index contributed by atoms with van der Waals surface area (Å²) in [6.07, 6.45) is 20.6. The van der Waals surface area contributed by atoms with Gasteiger partial charge in [-0.3, -0.25) is 0 Å². The Hall–Kier alpha value is -3.46. The van der Waals surface area contributed by atoms with Crippen LogP contribution in [0.5, 0.6) is 0 Å². The van der Waals surface area contributed by atoms with E-state index in [4.69, 9.17) is 0 Å². The second-order valence-corrected chi connectivity index (χ2v) is 10.7. The molecule has 196 valence electrons. The molecule has 0 aliphatic carbocycles. The van der Waals surface area contributed by atoms with Gasteiger partial charge in [-0.05, 0) is 36.1 Å². The highest BCUT2D eigenvalue weighted by atomic mass is 15.0. The lowest BCUT2D eigenvalue weighted by molar-refractivity contribution is -0.697. The molecule has 0 saturated carbocycles. The van der Waals surface area contributed by atoms with Gasteiger partial charge in [0.1, 0.15) is 13.1 Å². The Morgan fingerprint density at radius 1 is 0.500 bits per heavy atom. The van der Waals surface area contributed by atoms with Crippen LogP contribution in [-0.2, 0) is 19.6 Å². The number of hydrogen-bond acceptors (Lipinski definition) is 0. The number of benzene rings is 2. The normalized spacial score (nSPS) is 11.5. The molecule has 0 radical (unpaired) electrons. The molecular weight excluding hydrogens is 462 g/mol. The van der Waals surface area contributed by atoms with E-state index >= 15 is 0 Å². The van der Waals surface area contributed by atoms with Gasteiger partial charge in [0.15, 0.2) is 24.8 Å². The van der Waals surface area contributed by atoms with Crippen molar-refractivity contribution in [3.63, 3.8) is 0 Å². The van der Waals surface area contributed by atoms with Crippen LogP contribution in [0.25, 0.3) is 32.9 Å². The SMILES string of the molecule is CCC[n+]1ccc(-c2cc[n+](CCCCCCCCCCn3c4ccccc4c4ccccc43)cc2)cc1. The molecule has 0 atom stereocenters. The summed E-state index contributed by atoms with van der Waals surface area (Å²) in [7, 11) is 0. The Bertz CT molecular complexity index is 1360. The lowest BCUT2D eigenvalue weighted by Crippen LogP contribution is -2.32. The quantitative estimate of drug-likeness (QED) is 0.106. The van der Waals surface area contributed by atoms with Crippen molar-refractivity contribution in [2.24, 2.45) is 0 Å². The van der Waals surface area contributed by atoms with E-state index in [9.17, 15) is 0 Å². The Morgan fingerprint density at radius 2 is 0.947 bits per heavy atom. The number of fused-ring (bicyclic) bond motifs is 3. The second kappa shape index (κ2) is 13.4. The minimum Gasteiger partial charge on any atom is -0.340 e. The van der Waals surface area contributed by atoms with Crippen LogP contribution in [0.4, 0.5) is 0 Å². The van der Waals surface area contributed by atoms with Gasteiger partial charge in [-0.1, -0.05) is 75.4 Å². The first kappa shape index (κ1) is 26.2. The number of para-hydroxylation sites is 2. The van der Waals surface area contributed by atoms with Gasteiger partial charge in [-0.15, -0.1) is 0 Å². The van der Waals surface area contributed by atoms with E-state index in [2.05, 4.69) is 118 Å². The zero-order valence-electron chi connectivity index (χ0n) is 23.1. The van der Waals surface area contributed by atoms with Crippen LogP contribution >= 0.6 is 0 Å². The van der Waals surface area contributed by atoms with Crippen LogP contribution in [-0.4, -0.2) is 4.57 Å². The molecule has 2 aromatic carbocycles. The third-order valence-electron chi connectivity index (χ3n) is 7.83. The molecule has 5 rings (SSSR count). The van der Waals surface area contributed by atoms with E-state index in [-0.39, 0.29) is 0 Å². The van der Waals surface area contributed by atoms with E-state index in [0.717, 1.165) is 19.6 Å². The smallest absolute Gasteiger partial charge is 0.169 e. The monoisotopic (exact) mass is 505 g/mol. The first-order valence-corrected chi connectivity index (χ1v) is 14.8. The average Bonchev–Trinajstić information content (AvgIpc) is 3.29. The van der Waals surface area contributed by atoms with Gasteiger partial charge < -0.3 is 4.57 Å². The Labute approximate surface area is 228 Å². The van der Waals surface area contributed by atoms with Crippen LogP contribution in [0.3, 0.4) is 0 Å².